The largest absolute Gasteiger partial charge is 0.472 e. The Kier molecular flexibility index (Phi) is 49.5. The summed E-state index contributed by atoms with van der Waals surface area (Å²) in [6.07, 6.45) is 52.2. The van der Waals surface area contributed by atoms with Gasteiger partial charge < -0.3 is 24.6 Å². The molecule has 0 aliphatic heterocycles. The Balaban J connectivity index is 3.97. The molecule has 0 saturated heterocycles. The van der Waals surface area contributed by atoms with Crippen molar-refractivity contribution >= 4 is 13.8 Å². The van der Waals surface area contributed by atoms with E-state index in [1.165, 1.54) is 231 Å². The van der Waals surface area contributed by atoms with Gasteiger partial charge in [0, 0.05) is 13.0 Å². The molecule has 0 aliphatic rings. The summed E-state index contributed by atoms with van der Waals surface area (Å²) in [5, 5.41) is 18.4. The molecule has 1 unspecified atom stereocenters. The Bertz CT molecular complexity index is 938. The average Bonchev–Trinajstić information content (AvgIpc) is 3.26. The molecule has 0 amide bonds. The van der Waals surface area contributed by atoms with Gasteiger partial charge in [-0.25, -0.2) is 4.57 Å². The van der Waals surface area contributed by atoms with Crippen molar-refractivity contribution in [3.8, 4) is 0 Å². The maximum Gasteiger partial charge on any atom is 0.472 e. The fraction of sp³-hybridized carbons (Fsp3) is 0.981. The van der Waals surface area contributed by atoms with Gasteiger partial charge in [-0.15, -0.1) is 0 Å². The Morgan fingerprint density at radius 2 is 0.726 bits per heavy atom. The lowest BCUT2D eigenvalue weighted by atomic mass is 10.0. The average molecular weight is 905 g/mol. The first-order chi connectivity index (χ1) is 30.3. The lowest BCUT2D eigenvalue weighted by Crippen LogP contribution is -2.29. The van der Waals surface area contributed by atoms with E-state index in [1.54, 1.807) is 0 Å². The van der Waals surface area contributed by atoms with Gasteiger partial charge in [-0.3, -0.25) is 13.8 Å². The molecule has 62 heavy (non-hydrogen) atoms. The van der Waals surface area contributed by atoms with Crippen LogP contribution in [-0.2, 0) is 27.9 Å². The van der Waals surface area contributed by atoms with Crippen LogP contribution in [0.1, 0.15) is 284 Å². The minimum Gasteiger partial charge on any atom is -0.457 e. The fourth-order valence-corrected chi connectivity index (χ4v) is 8.97. The van der Waals surface area contributed by atoms with Gasteiger partial charge in [0.1, 0.15) is 12.2 Å². The maximum absolute atomic E-state index is 12.7. The molecule has 3 atom stereocenters. The molecule has 0 heterocycles. The summed E-state index contributed by atoms with van der Waals surface area (Å²) < 4.78 is 33.6. The Morgan fingerprint density at radius 1 is 0.435 bits per heavy atom. The molecule has 0 rings (SSSR count). The van der Waals surface area contributed by atoms with Crippen molar-refractivity contribution in [3.05, 3.63) is 0 Å². The van der Waals surface area contributed by atoms with Crippen molar-refractivity contribution in [2.24, 2.45) is 0 Å². The van der Waals surface area contributed by atoms with E-state index in [4.69, 9.17) is 23.6 Å². The van der Waals surface area contributed by atoms with Crippen LogP contribution in [0.5, 0.6) is 0 Å². The molecule has 0 aliphatic carbocycles. The highest BCUT2D eigenvalue weighted by Gasteiger charge is 2.26. The molecule has 9 nitrogen and oxygen atoms in total. The highest BCUT2D eigenvalue weighted by atomic mass is 31.2. The van der Waals surface area contributed by atoms with Crippen LogP contribution in [0.4, 0.5) is 0 Å². The first-order valence-corrected chi connectivity index (χ1v) is 28.5. The number of ether oxygens (including phenoxy) is 2. The van der Waals surface area contributed by atoms with Gasteiger partial charge in [0.15, 0.2) is 0 Å². The molecular formula is C52H105O9P. The van der Waals surface area contributed by atoms with Gasteiger partial charge in [-0.2, -0.15) is 0 Å². The SMILES string of the molecule is CCCCCCCCCCCCCCCCCCCCCCCCCC(=O)O[C@H](COCCCCCCCCCCCCCCCCCCCC)COP(=O)(O)OC[C@@H](O)CO. The van der Waals surface area contributed by atoms with Crippen molar-refractivity contribution in [1.82, 2.24) is 0 Å². The number of unbranched alkanes of at least 4 members (excludes halogenated alkanes) is 39. The number of rotatable bonds is 53. The quantitative estimate of drug-likeness (QED) is 0.0310. The number of esters is 1. The molecule has 0 aromatic rings. The minimum absolute atomic E-state index is 0.0589. The molecule has 0 saturated carbocycles. The highest BCUT2D eigenvalue weighted by Crippen LogP contribution is 2.43. The number of aliphatic hydroxyl groups excluding tert-OH is 2. The van der Waals surface area contributed by atoms with Gasteiger partial charge in [0.25, 0.3) is 0 Å². The van der Waals surface area contributed by atoms with Crippen LogP contribution in [-0.4, -0.2) is 66.3 Å². The van der Waals surface area contributed by atoms with Crippen LogP contribution in [0, 0.1) is 0 Å². The predicted molar refractivity (Wildman–Crippen MR) is 261 cm³/mol. The molecular weight excluding hydrogens is 800 g/mol. The molecule has 10 heteroatoms. The van der Waals surface area contributed by atoms with Crippen LogP contribution >= 0.6 is 7.82 Å². The first kappa shape index (κ1) is 61.5. The Hall–Kier alpha value is -0.540. The molecule has 0 spiro atoms. The second-order valence-corrected chi connectivity index (χ2v) is 20.1. The Labute approximate surface area is 384 Å². The highest BCUT2D eigenvalue weighted by molar-refractivity contribution is 7.47. The van der Waals surface area contributed by atoms with Gasteiger partial charge in [-0.1, -0.05) is 264 Å². The lowest BCUT2D eigenvalue weighted by Gasteiger charge is -2.20. The fourth-order valence-electron chi connectivity index (χ4n) is 8.18. The van der Waals surface area contributed by atoms with Crippen LogP contribution in [0.15, 0.2) is 0 Å². The van der Waals surface area contributed by atoms with Crippen LogP contribution < -0.4 is 0 Å². The molecule has 0 fully saturated rings. The van der Waals surface area contributed by atoms with Gasteiger partial charge in [0.05, 0.1) is 26.4 Å². The third-order valence-electron chi connectivity index (χ3n) is 12.3. The second-order valence-electron chi connectivity index (χ2n) is 18.6. The third-order valence-corrected chi connectivity index (χ3v) is 13.2. The summed E-state index contributed by atoms with van der Waals surface area (Å²) in [6, 6.07) is 0. The molecule has 0 bridgehead atoms. The summed E-state index contributed by atoms with van der Waals surface area (Å²) in [6.45, 7) is 3.61. The number of hydrogen-bond acceptors (Lipinski definition) is 8. The summed E-state index contributed by atoms with van der Waals surface area (Å²) in [5.74, 6) is -0.372. The van der Waals surface area contributed by atoms with E-state index in [9.17, 15) is 19.4 Å². The van der Waals surface area contributed by atoms with Crippen molar-refractivity contribution in [2.75, 3.05) is 33.0 Å². The molecule has 0 aromatic carbocycles. The molecule has 372 valence electrons. The van der Waals surface area contributed by atoms with E-state index in [-0.39, 0.29) is 25.6 Å². The van der Waals surface area contributed by atoms with E-state index < -0.39 is 33.2 Å². The van der Waals surface area contributed by atoms with Gasteiger partial charge in [-0.05, 0) is 12.8 Å². The van der Waals surface area contributed by atoms with E-state index in [2.05, 4.69) is 13.8 Å². The predicted octanol–water partition coefficient (Wildman–Crippen LogP) is 15.8. The van der Waals surface area contributed by atoms with Crippen molar-refractivity contribution < 1.29 is 43.0 Å². The van der Waals surface area contributed by atoms with Gasteiger partial charge in [0.2, 0.25) is 0 Å². The molecule has 3 N–H and O–H groups in total. The Morgan fingerprint density at radius 3 is 1.05 bits per heavy atom. The maximum atomic E-state index is 12.7. The van der Waals surface area contributed by atoms with E-state index in [0.717, 1.165) is 32.1 Å². The zero-order valence-corrected chi connectivity index (χ0v) is 42.0. The lowest BCUT2D eigenvalue weighted by molar-refractivity contribution is -0.154. The van der Waals surface area contributed by atoms with Crippen LogP contribution in [0.3, 0.4) is 0 Å². The van der Waals surface area contributed by atoms with Crippen LogP contribution in [0.2, 0.25) is 0 Å². The third kappa shape index (κ3) is 48.9. The van der Waals surface area contributed by atoms with Crippen molar-refractivity contribution in [2.45, 2.75) is 296 Å². The topological polar surface area (TPSA) is 132 Å². The van der Waals surface area contributed by atoms with E-state index >= 15 is 0 Å². The number of phosphoric ester groups is 1. The second kappa shape index (κ2) is 49.9. The normalized spacial score (nSPS) is 13.7. The number of phosphoric acid groups is 1. The summed E-state index contributed by atoms with van der Waals surface area (Å²) >= 11 is 0. The standard InChI is InChI=1S/C52H105O9P/c1-3-5-7-9-11-13-15-17-19-21-23-24-25-26-27-28-30-32-34-36-38-40-42-44-52(55)61-51(49-60-62(56,57)59-47-50(54)46-53)48-58-45-43-41-39-37-35-33-31-29-22-20-18-16-14-12-10-8-6-4-2/h50-51,53-54H,3-49H2,1-2H3,(H,56,57)/t50-,51+/m0/s1. The molecule has 0 aromatic heterocycles. The van der Waals surface area contributed by atoms with E-state index in [0.29, 0.717) is 6.61 Å². The summed E-state index contributed by atoms with van der Waals surface area (Å²) in [5.41, 5.74) is 0. The number of aliphatic hydroxyl groups is 2. The summed E-state index contributed by atoms with van der Waals surface area (Å²) in [7, 11) is -4.52. The summed E-state index contributed by atoms with van der Waals surface area (Å²) in [4.78, 5) is 22.7. The number of hydrogen-bond donors (Lipinski definition) is 3. The monoisotopic (exact) mass is 905 g/mol. The first-order valence-electron chi connectivity index (χ1n) is 27.0. The van der Waals surface area contributed by atoms with Gasteiger partial charge >= 0.3 is 13.8 Å². The zero-order valence-electron chi connectivity index (χ0n) is 41.1. The van der Waals surface area contributed by atoms with Crippen LogP contribution in [0.25, 0.3) is 0 Å². The number of carbonyl (C=O) groups is 1. The van der Waals surface area contributed by atoms with Crippen molar-refractivity contribution in [1.29, 1.82) is 0 Å². The zero-order chi connectivity index (χ0) is 45.3. The molecule has 0 radical (unpaired) electrons. The van der Waals surface area contributed by atoms with E-state index in [1.807, 2.05) is 0 Å². The number of carbonyl (C=O) groups excluding carboxylic acids is 1. The van der Waals surface area contributed by atoms with Crippen molar-refractivity contribution in [3.63, 3.8) is 0 Å². The minimum atomic E-state index is -4.52. The smallest absolute Gasteiger partial charge is 0.457 e.